The summed E-state index contributed by atoms with van der Waals surface area (Å²) in [6, 6.07) is 18.2. The van der Waals surface area contributed by atoms with Crippen molar-refractivity contribution >= 4 is 23.2 Å². The van der Waals surface area contributed by atoms with Crippen LogP contribution in [0.15, 0.2) is 65.6 Å². The van der Waals surface area contributed by atoms with E-state index in [1.54, 1.807) is 11.8 Å². The molecule has 1 aliphatic rings. The predicted molar refractivity (Wildman–Crippen MR) is 93.2 cm³/mol. The van der Waals surface area contributed by atoms with Crippen molar-refractivity contribution in [1.82, 2.24) is 4.90 Å². The second-order valence-corrected chi connectivity index (χ2v) is 6.14. The van der Waals surface area contributed by atoms with Gasteiger partial charge < -0.3 is 4.90 Å². The van der Waals surface area contributed by atoms with E-state index in [0.29, 0.717) is 6.54 Å². The molecule has 3 heteroatoms. The molecule has 0 N–H and O–H groups in total. The molecule has 2 aromatic rings. The number of carbonyl (C=O) groups excluding carboxylic acids is 1. The summed E-state index contributed by atoms with van der Waals surface area (Å²) >= 11 is 1.62. The van der Waals surface area contributed by atoms with Gasteiger partial charge in [-0.05, 0) is 35.9 Å². The Hall–Kier alpha value is -2.00. The molecule has 1 heterocycles. The first-order valence-corrected chi connectivity index (χ1v) is 8.69. The molecule has 2 nitrogen and oxygen atoms in total. The molecule has 0 radical (unpaired) electrons. The van der Waals surface area contributed by atoms with Crippen molar-refractivity contribution in [3.63, 3.8) is 0 Å². The van der Waals surface area contributed by atoms with Gasteiger partial charge in [-0.3, -0.25) is 4.79 Å². The van der Waals surface area contributed by atoms with Gasteiger partial charge in [0.1, 0.15) is 0 Å². The number of amides is 1. The van der Waals surface area contributed by atoms with Crippen LogP contribution >= 0.6 is 11.8 Å². The van der Waals surface area contributed by atoms with Gasteiger partial charge in [-0.15, -0.1) is 11.8 Å². The van der Waals surface area contributed by atoms with Crippen LogP contribution in [0.4, 0.5) is 0 Å². The Labute approximate surface area is 135 Å². The van der Waals surface area contributed by atoms with Crippen LogP contribution in [-0.2, 0) is 0 Å². The maximum Gasteiger partial charge on any atom is 0.255 e. The molecule has 1 aliphatic heterocycles. The fraction of sp³-hybridized carbons (Fsp3) is 0.211. The van der Waals surface area contributed by atoms with Gasteiger partial charge in [0.05, 0.1) is 5.56 Å². The van der Waals surface area contributed by atoms with Crippen LogP contribution in [0.1, 0.15) is 22.3 Å². The minimum Gasteiger partial charge on any atom is -0.335 e. The quantitative estimate of drug-likeness (QED) is 0.786. The van der Waals surface area contributed by atoms with Crippen molar-refractivity contribution in [3.8, 4) is 0 Å². The van der Waals surface area contributed by atoms with Crippen LogP contribution in [0.3, 0.4) is 0 Å². The van der Waals surface area contributed by atoms with Crippen molar-refractivity contribution in [2.75, 3.05) is 19.3 Å². The van der Waals surface area contributed by atoms with Crippen LogP contribution in [0.25, 0.3) is 5.57 Å². The molecule has 112 valence electrons. The average molecular weight is 309 g/mol. The third kappa shape index (κ3) is 3.09. The lowest BCUT2D eigenvalue weighted by atomic mass is 9.99. The topological polar surface area (TPSA) is 20.3 Å². The first kappa shape index (κ1) is 14.9. The summed E-state index contributed by atoms with van der Waals surface area (Å²) in [6.45, 7) is 1.47. The molecular formula is C19H19NOS. The first-order chi connectivity index (χ1) is 10.8. The van der Waals surface area contributed by atoms with Crippen molar-refractivity contribution in [2.24, 2.45) is 0 Å². The SMILES string of the molecule is CSc1ccccc1C(=O)N1CC=C(c2ccccc2)CC1. The molecule has 3 rings (SSSR count). The minimum absolute atomic E-state index is 0.133. The summed E-state index contributed by atoms with van der Waals surface area (Å²) in [6.07, 6.45) is 5.10. The van der Waals surface area contributed by atoms with E-state index in [-0.39, 0.29) is 5.91 Å². The Bertz CT molecular complexity index is 694. The van der Waals surface area contributed by atoms with E-state index < -0.39 is 0 Å². The Morgan fingerprint density at radius 2 is 1.77 bits per heavy atom. The molecule has 1 amide bonds. The van der Waals surface area contributed by atoms with E-state index in [9.17, 15) is 4.79 Å². The Morgan fingerprint density at radius 3 is 2.45 bits per heavy atom. The second kappa shape index (κ2) is 6.84. The Morgan fingerprint density at radius 1 is 1.05 bits per heavy atom. The monoisotopic (exact) mass is 309 g/mol. The van der Waals surface area contributed by atoms with Crippen LogP contribution in [0, 0.1) is 0 Å². The van der Waals surface area contributed by atoms with Crippen LogP contribution < -0.4 is 0 Å². The summed E-state index contributed by atoms with van der Waals surface area (Å²) in [5, 5.41) is 0. The lowest BCUT2D eigenvalue weighted by Gasteiger charge is -2.27. The molecule has 0 spiro atoms. The molecule has 0 atom stereocenters. The molecule has 0 aromatic heterocycles. The van der Waals surface area contributed by atoms with E-state index in [4.69, 9.17) is 0 Å². The summed E-state index contributed by atoms with van der Waals surface area (Å²) in [5.41, 5.74) is 3.41. The number of thioether (sulfide) groups is 1. The highest BCUT2D eigenvalue weighted by Crippen LogP contribution is 2.25. The van der Waals surface area contributed by atoms with Gasteiger partial charge in [0.25, 0.3) is 5.91 Å². The molecule has 0 saturated carbocycles. The number of rotatable bonds is 3. The molecule has 2 aromatic carbocycles. The standard InChI is InChI=1S/C19H19NOS/c1-22-18-10-6-5-9-17(18)19(21)20-13-11-16(12-14-20)15-7-3-2-4-8-15/h2-11H,12-14H2,1H3. The van der Waals surface area contributed by atoms with Gasteiger partial charge in [0, 0.05) is 18.0 Å². The van der Waals surface area contributed by atoms with Crippen molar-refractivity contribution in [2.45, 2.75) is 11.3 Å². The van der Waals surface area contributed by atoms with Gasteiger partial charge in [0.15, 0.2) is 0 Å². The third-order valence-electron chi connectivity index (χ3n) is 3.98. The number of hydrogen-bond acceptors (Lipinski definition) is 2. The van der Waals surface area contributed by atoms with E-state index in [0.717, 1.165) is 23.4 Å². The molecule has 0 aliphatic carbocycles. The minimum atomic E-state index is 0.133. The molecule has 0 bridgehead atoms. The summed E-state index contributed by atoms with van der Waals surface area (Å²) in [7, 11) is 0. The highest BCUT2D eigenvalue weighted by Gasteiger charge is 2.20. The van der Waals surface area contributed by atoms with E-state index in [2.05, 4.69) is 30.3 Å². The largest absolute Gasteiger partial charge is 0.335 e. The maximum absolute atomic E-state index is 12.7. The van der Waals surface area contributed by atoms with Gasteiger partial charge >= 0.3 is 0 Å². The lowest BCUT2D eigenvalue weighted by Crippen LogP contribution is -2.34. The van der Waals surface area contributed by atoms with E-state index in [1.165, 1.54) is 11.1 Å². The number of carbonyl (C=O) groups is 1. The van der Waals surface area contributed by atoms with Crippen LogP contribution in [-0.4, -0.2) is 30.2 Å². The zero-order chi connectivity index (χ0) is 15.4. The fourth-order valence-corrected chi connectivity index (χ4v) is 3.35. The Balaban J connectivity index is 1.76. The van der Waals surface area contributed by atoms with E-state index in [1.807, 2.05) is 41.5 Å². The number of hydrogen-bond donors (Lipinski definition) is 0. The van der Waals surface area contributed by atoms with Gasteiger partial charge in [-0.2, -0.15) is 0 Å². The highest BCUT2D eigenvalue weighted by atomic mass is 32.2. The van der Waals surface area contributed by atoms with Crippen LogP contribution in [0.5, 0.6) is 0 Å². The maximum atomic E-state index is 12.7. The van der Waals surface area contributed by atoms with Gasteiger partial charge in [0.2, 0.25) is 0 Å². The van der Waals surface area contributed by atoms with Crippen LogP contribution in [0.2, 0.25) is 0 Å². The zero-order valence-electron chi connectivity index (χ0n) is 12.7. The summed E-state index contributed by atoms with van der Waals surface area (Å²) in [5.74, 6) is 0.133. The molecule has 0 saturated heterocycles. The van der Waals surface area contributed by atoms with Gasteiger partial charge in [-0.1, -0.05) is 48.5 Å². The van der Waals surface area contributed by atoms with Crippen molar-refractivity contribution in [3.05, 3.63) is 71.8 Å². The first-order valence-electron chi connectivity index (χ1n) is 7.46. The summed E-state index contributed by atoms with van der Waals surface area (Å²) in [4.78, 5) is 15.7. The number of benzene rings is 2. The zero-order valence-corrected chi connectivity index (χ0v) is 13.5. The molecule has 22 heavy (non-hydrogen) atoms. The smallest absolute Gasteiger partial charge is 0.255 e. The summed E-state index contributed by atoms with van der Waals surface area (Å²) < 4.78 is 0. The normalized spacial score (nSPS) is 14.6. The Kier molecular flexibility index (Phi) is 4.64. The highest BCUT2D eigenvalue weighted by molar-refractivity contribution is 7.98. The predicted octanol–water partition coefficient (Wildman–Crippen LogP) is 4.34. The third-order valence-corrected chi connectivity index (χ3v) is 4.77. The molecular weight excluding hydrogens is 290 g/mol. The van der Waals surface area contributed by atoms with Crippen molar-refractivity contribution < 1.29 is 4.79 Å². The number of nitrogens with zero attached hydrogens (tertiary/aromatic N) is 1. The molecule has 0 unspecified atom stereocenters. The fourth-order valence-electron chi connectivity index (χ4n) is 2.76. The van der Waals surface area contributed by atoms with E-state index >= 15 is 0 Å². The lowest BCUT2D eigenvalue weighted by molar-refractivity contribution is 0.0769. The molecule has 0 fully saturated rings. The van der Waals surface area contributed by atoms with Gasteiger partial charge in [-0.25, -0.2) is 0 Å². The average Bonchev–Trinajstić information content (AvgIpc) is 2.62. The second-order valence-electron chi connectivity index (χ2n) is 5.30. The van der Waals surface area contributed by atoms with Crippen molar-refractivity contribution in [1.29, 1.82) is 0 Å².